The summed E-state index contributed by atoms with van der Waals surface area (Å²) in [5, 5.41) is 8.73. The van der Waals surface area contributed by atoms with E-state index in [0.717, 1.165) is 42.7 Å². The molecule has 4 aromatic rings. The van der Waals surface area contributed by atoms with E-state index in [4.69, 9.17) is 14.5 Å². The lowest BCUT2D eigenvalue weighted by molar-refractivity contribution is 0.460. The van der Waals surface area contributed by atoms with Crippen LogP contribution in [0.4, 0.5) is 11.6 Å². The Morgan fingerprint density at radius 2 is 1.84 bits per heavy atom. The van der Waals surface area contributed by atoms with Crippen LogP contribution in [0.25, 0.3) is 11.3 Å². The summed E-state index contributed by atoms with van der Waals surface area (Å²) in [6.07, 6.45) is 10.7. The molecule has 3 N–H and O–H groups in total. The predicted octanol–water partition coefficient (Wildman–Crippen LogP) is 4.31. The molecule has 10 heteroatoms. The second-order valence-corrected chi connectivity index (χ2v) is 11.1. The standard InChI is InChI=1S/C28H28N6O3S/c29-38(35,36)24-14-22(16-31-17-24)26-15-21-9-12-32-28(25(21)18-33-26)34(27-2-1-13-37-27)23-5-3-19(4-6-23)20-7-10-30-11-8-20/h1-6,12-18,20,28,30H,7-11H2,(H2,29,35,36). The first-order valence-corrected chi connectivity index (χ1v) is 14.1. The SMILES string of the molecule is NS(=O)(=O)c1cncc(-c2cc3c(cn2)C(N(c2ccc(C4CCNCC4)cc2)c2ccco2)N=CC3)c1. The number of aliphatic imine (C=N–C) groups is 1. The first-order valence-electron chi connectivity index (χ1n) is 12.6. The highest BCUT2D eigenvalue weighted by Crippen LogP contribution is 2.40. The topological polar surface area (TPSA) is 127 Å². The highest BCUT2D eigenvalue weighted by Gasteiger charge is 2.29. The minimum absolute atomic E-state index is 0.0501. The summed E-state index contributed by atoms with van der Waals surface area (Å²) < 4.78 is 29.5. The zero-order chi connectivity index (χ0) is 26.1. The predicted molar refractivity (Wildman–Crippen MR) is 146 cm³/mol. The lowest BCUT2D eigenvalue weighted by Gasteiger charge is -2.32. The van der Waals surface area contributed by atoms with Crippen LogP contribution in [-0.2, 0) is 16.4 Å². The number of hydrogen-bond donors (Lipinski definition) is 2. The maximum absolute atomic E-state index is 11.8. The smallest absolute Gasteiger partial charge is 0.239 e. The minimum Gasteiger partial charge on any atom is -0.448 e. The largest absolute Gasteiger partial charge is 0.448 e. The van der Waals surface area contributed by atoms with Gasteiger partial charge in [-0.1, -0.05) is 12.1 Å². The van der Waals surface area contributed by atoms with Crippen molar-refractivity contribution in [2.75, 3.05) is 18.0 Å². The maximum atomic E-state index is 11.8. The molecule has 0 amide bonds. The van der Waals surface area contributed by atoms with Crippen LogP contribution in [0.15, 0.2) is 87.7 Å². The van der Waals surface area contributed by atoms with Gasteiger partial charge < -0.3 is 9.73 Å². The summed E-state index contributed by atoms with van der Waals surface area (Å²) in [5.41, 5.74) is 5.51. The molecule has 194 valence electrons. The zero-order valence-electron chi connectivity index (χ0n) is 20.7. The normalized spacial score (nSPS) is 17.8. The molecule has 1 aromatic carbocycles. The van der Waals surface area contributed by atoms with Gasteiger partial charge >= 0.3 is 0 Å². The molecule has 1 atom stereocenters. The Bertz CT molecular complexity index is 1560. The van der Waals surface area contributed by atoms with Crippen LogP contribution < -0.4 is 15.4 Å². The van der Waals surface area contributed by atoms with Gasteiger partial charge in [-0.3, -0.25) is 19.9 Å². The third-order valence-electron chi connectivity index (χ3n) is 7.17. The van der Waals surface area contributed by atoms with Gasteiger partial charge in [0.15, 0.2) is 6.17 Å². The van der Waals surface area contributed by atoms with Gasteiger partial charge in [-0.15, -0.1) is 0 Å². The van der Waals surface area contributed by atoms with E-state index in [2.05, 4.69) is 44.5 Å². The van der Waals surface area contributed by atoms with E-state index in [9.17, 15) is 8.42 Å². The molecule has 6 rings (SSSR count). The number of benzene rings is 1. The zero-order valence-corrected chi connectivity index (χ0v) is 21.5. The first kappa shape index (κ1) is 24.5. The van der Waals surface area contributed by atoms with E-state index in [1.165, 1.54) is 17.8 Å². The highest BCUT2D eigenvalue weighted by molar-refractivity contribution is 7.89. The number of sulfonamides is 1. The van der Waals surface area contributed by atoms with Crippen molar-refractivity contribution in [3.05, 3.63) is 90.1 Å². The average Bonchev–Trinajstić information content (AvgIpc) is 3.48. The Hall–Kier alpha value is -3.86. The van der Waals surface area contributed by atoms with Crippen LogP contribution in [0.3, 0.4) is 0 Å². The summed E-state index contributed by atoms with van der Waals surface area (Å²) >= 11 is 0. The van der Waals surface area contributed by atoms with Crippen molar-refractivity contribution >= 4 is 27.8 Å². The lowest BCUT2D eigenvalue weighted by atomic mass is 9.90. The number of primary sulfonamides is 1. The fraction of sp³-hybridized carbons (Fsp3) is 0.250. The number of nitrogens with zero attached hydrogens (tertiary/aromatic N) is 4. The molecule has 2 aliphatic rings. The number of hydrogen-bond acceptors (Lipinski definition) is 8. The number of furan rings is 1. The van der Waals surface area contributed by atoms with E-state index in [1.54, 1.807) is 18.7 Å². The Kier molecular flexibility index (Phi) is 6.52. The van der Waals surface area contributed by atoms with Crippen LogP contribution in [-0.4, -0.2) is 37.7 Å². The van der Waals surface area contributed by atoms with E-state index in [1.807, 2.05) is 24.4 Å². The number of nitrogens with one attached hydrogen (secondary N) is 1. The number of nitrogens with two attached hydrogens (primary N) is 1. The molecule has 0 spiro atoms. The molecule has 1 saturated heterocycles. The van der Waals surface area contributed by atoms with Crippen LogP contribution in [0, 0.1) is 0 Å². The van der Waals surface area contributed by atoms with Gasteiger partial charge in [0, 0.05) is 54.1 Å². The van der Waals surface area contributed by atoms with Crippen molar-refractivity contribution in [3.8, 4) is 11.3 Å². The monoisotopic (exact) mass is 528 g/mol. The molecule has 3 aromatic heterocycles. The maximum Gasteiger partial charge on any atom is 0.239 e. The van der Waals surface area contributed by atoms with Crippen LogP contribution >= 0.6 is 0 Å². The molecule has 9 nitrogen and oxygen atoms in total. The van der Waals surface area contributed by atoms with Crippen molar-refractivity contribution in [3.63, 3.8) is 0 Å². The van der Waals surface area contributed by atoms with Gasteiger partial charge in [0.1, 0.15) is 4.90 Å². The van der Waals surface area contributed by atoms with Gasteiger partial charge in [0.2, 0.25) is 15.9 Å². The number of aromatic nitrogens is 2. The summed E-state index contributed by atoms with van der Waals surface area (Å²) in [6, 6.07) is 15.9. The first-order chi connectivity index (χ1) is 18.5. The molecule has 0 saturated carbocycles. The molecule has 0 aliphatic carbocycles. The second-order valence-electron chi connectivity index (χ2n) is 9.57. The number of anilines is 2. The summed E-state index contributed by atoms with van der Waals surface area (Å²) in [7, 11) is -3.87. The van der Waals surface area contributed by atoms with E-state index in [-0.39, 0.29) is 11.1 Å². The van der Waals surface area contributed by atoms with Gasteiger partial charge in [0.05, 0.1) is 12.0 Å². The van der Waals surface area contributed by atoms with Gasteiger partial charge in [-0.25, -0.2) is 13.6 Å². The quantitative estimate of drug-likeness (QED) is 0.382. The second kappa shape index (κ2) is 10.1. The Balaban J connectivity index is 1.35. The Morgan fingerprint density at radius 1 is 1.03 bits per heavy atom. The molecule has 0 radical (unpaired) electrons. The van der Waals surface area contributed by atoms with E-state index in [0.29, 0.717) is 29.5 Å². The summed E-state index contributed by atoms with van der Waals surface area (Å²) in [6.45, 7) is 2.10. The van der Waals surface area contributed by atoms with Crippen molar-refractivity contribution in [2.24, 2.45) is 10.1 Å². The van der Waals surface area contributed by atoms with Gasteiger partial charge in [-0.05, 0) is 73.3 Å². The Labute approximate surface area is 221 Å². The van der Waals surface area contributed by atoms with Crippen LogP contribution in [0.1, 0.15) is 41.6 Å². The fourth-order valence-electron chi connectivity index (χ4n) is 5.18. The molecule has 1 fully saturated rings. The minimum atomic E-state index is -3.87. The van der Waals surface area contributed by atoms with Gasteiger partial charge in [-0.2, -0.15) is 0 Å². The molecule has 5 heterocycles. The molecular weight excluding hydrogens is 500 g/mol. The summed E-state index contributed by atoms with van der Waals surface area (Å²) in [4.78, 5) is 15.6. The molecule has 38 heavy (non-hydrogen) atoms. The molecule has 2 aliphatic heterocycles. The van der Waals surface area contributed by atoms with Crippen LogP contribution in [0.5, 0.6) is 0 Å². The van der Waals surface area contributed by atoms with E-state index >= 15 is 0 Å². The number of pyridine rings is 2. The molecule has 1 unspecified atom stereocenters. The molecular formula is C28H28N6O3S. The average molecular weight is 529 g/mol. The molecule has 0 bridgehead atoms. The van der Waals surface area contributed by atoms with Crippen molar-refractivity contribution in [1.82, 2.24) is 15.3 Å². The third kappa shape index (κ3) is 4.85. The number of piperidine rings is 1. The lowest BCUT2D eigenvalue weighted by Crippen LogP contribution is -2.27. The summed E-state index contributed by atoms with van der Waals surface area (Å²) in [5.74, 6) is 1.25. The van der Waals surface area contributed by atoms with E-state index < -0.39 is 10.0 Å². The third-order valence-corrected chi connectivity index (χ3v) is 8.05. The van der Waals surface area contributed by atoms with Crippen molar-refractivity contribution < 1.29 is 12.8 Å². The van der Waals surface area contributed by atoms with Gasteiger partial charge in [0.25, 0.3) is 0 Å². The van der Waals surface area contributed by atoms with Crippen molar-refractivity contribution in [1.29, 1.82) is 0 Å². The fourth-order valence-corrected chi connectivity index (χ4v) is 5.68. The highest BCUT2D eigenvalue weighted by atomic mass is 32.2. The van der Waals surface area contributed by atoms with Crippen LogP contribution in [0.2, 0.25) is 0 Å². The van der Waals surface area contributed by atoms with Crippen molar-refractivity contribution in [2.45, 2.75) is 36.2 Å². The number of fused-ring (bicyclic) bond motifs is 1. The Morgan fingerprint density at radius 3 is 2.58 bits per heavy atom. The number of rotatable bonds is 6.